The zero-order valence-corrected chi connectivity index (χ0v) is 15.6. The Bertz CT molecular complexity index is 777. The molecule has 1 fully saturated rings. The molecule has 1 aliphatic rings. The molecular weight excluding hydrogens is 358 g/mol. The summed E-state index contributed by atoms with van der Waals surface area (Å²) in [5.41, 5.74) is 1.72. The molecule has 1 saturated heterocycles. The standard InChI is InChI=1S/C18H20ClN3O2S/c1-2-21(11-13-5-3-6-14(19)9-13)17(24)10-15-12-25-18(20-15)22-8-4-7-16(22)23/h3,5-6,9,12H,2,4,7-8,10-11H2,1H3. The van der Waals surface area contributed by atoms with E-state index in [1.807, 2.05) is 36.6 Å². The molecule has 0 aliphatic carbocycles. The van der Waals surface area contributed by atoms with E-state index in [2.05, 4.69) is 4.98 Å². The highest BCUT2D eigenvalue weighted by molar-refractivity contribution is 7.14. The van der Waals surface area contributed by atoms with E-state index < -0.39 is 0 Å². The Morgan fingerprint density at radius 3 is 2.96 bits per heavy atom. The van der Waals surface area contributed by atoms with E-state index in [0.717, 1.165) is 18.5 Å². The minimum absolute atomic E-state index is 0.0204. The van der Waals surface area contributed by atoms with Crippen molar-refractivity contribution in [2.75, 3.05) is 18.0 Å². The molecule has 2 aromatic rings. The first-order valence-electron chi connectivity index (χ1n) is 8.34. The van der Waals surface area contributed by atoms with Gasteiger partial charge in [0.25, 0.3) is 0 Å². The monoisotopic (exact) mass is 377 g/mol. The van der Waals surface area contributed by atoms with Crippen LogP contribution in [0.2, 0.25) is 5.02 Å². The van der Waals surface area contributed by atoms with Crippen LogP contribution in [0, 0.1) is 0 Å². The van der Waals surface area contributed by atoms with Gasteiger partial charge in [0.2, 0.25) is 11.8 Å². The van der Waals surface area contributed by atoms with Crippen molar-refractivity contribution >= 4 is 39.9 Å². The first kappa shape index (κ1) is 17.9. The molecule has 1 aliphatic heterocycles. The lowest BCUT2D eigenvalue weighted by Crippen LogP contribution is -2.31. The van der Waals surface area contributed by atoms with E-state index in [4.69, 9.17) is 11.6 Å². The molecule has 132 valence electrons. The third kappa shape index (κ3) is 4.38. The van der Waals surface area contributed by atoms with Crippen LogP contribution < -0.4 is 4.90 Å². The smallest absolute Gasteiger partial charge is 0.228 e. The second-order valence-corrected chi connectivity index (χ2v) is 7.26. The Balaban J connectivity index is 1.64. The molecule has 1 aromatic carbocycles. The number of benzene rings is 1. The van der Waals surface area contributed by atoms with E-state index in [1.165, 1.54) is 11.3 Å². The van der Waals surface area contributed by atoms with Crippen LogP contribution in [0.5, 0.6) is 0 Å². The zero-order valence-electron chi connectivity index (χ0n) is 14.1. The van der Waals surface area contributed by atoms with Crippen LogP contribution in [0.4, 0.5) is 5.13 Å². The largest absolute Gasteiger partial charge is 0.338 e. The summed E-state index contributed by atoms with van der Waals surface area (Å²) in [6, 6.07) is 7.54. The lowest BCUT2D eigenvalue weighted by atomic mass is 10.2. The number of halogens is 1. The van der Waals surface area contributed by atoms with E-state index in [0.29, 0.717) is 35.4 Å². The maximum atomic E-state index is 12.6. The Labute approximate surface area is 156 Å². The minimum atomic E-state index is 0.0204. The maximum absolute atomic E-state index is 12.6. The summed E-state index contributed by atoms with van der Waals surface area (Å²) in [6.07, 6.45) is 1.69. The molecule has 2 heterocycles. The summed E-state index contributed by atoms with van der Waals surface area (Å²) in [6.45, 7) is 3.82. The molecule has 1 aromatic heterocycles. The Morgan fingerprint density at radius 1 is 1.44 bits per heavy atom. The molecule has 0 spiro atoms. The number of thiazole rings is 1. The minimum Gasteiger partial charge on any atom is -0.338 e. The quantitative estimate of drug-likeness (QED) is 0.774. The second kappa shape index (κ2) is 7.97. The topological polar surface area (TPSA) is 53.5 Å². The number of carbonyl (C=O) groups excluding carboxylic acids is 2. The Morgan fingerprint density at radius 2 is 2.28 bits per heavy atom. The molecule has 0 radical (unpaired) electrons. The molecule has 0 saturated carbocycles. The molecule has 0 N–H and O–H groups in total. The number of aromatic nitrogens is 1. The SMILES string of the molecule is CCN(Cc1cccc(Cl)c1)C(=O)Cc1csc(N2CCCC2=O)n1. The highest BCUT2D eigenvalue weighted by atomic mass is 35.5. The number of carbonyl (C=O) groups is 2. The van der Waals surface area contributed by atoms with Gasteiger partial charge in [-0.2, -0.15) is 0 Å². The Hall–Kier alpha value is -1.92. The van der Waals surface area contributed by atoms with Crippen LogP contribution in [0.1, 0.15) is 31.0 Å². The third-order valence-corrected chi connectivity index (χ3v) is 5.32. The molecular formula is C18H20ClN3O2S. The summed E-state index contributed by atoms with van der Waals surface area (Å²) >= 11 is 7.44. The van der Waals surface area contributed by atoms with Crippen molar-refractivity contribution in [3.05, 3.63) is 45.9 Å². The van der Waals surface area contributed by atoms with Crippen molar-refractivity contribution in [2.45, 2.75) is 32.7 Å². The number of nitrogens with zero attached hydrogens (tertiary/aromatic N) is 3. The fraction of sp³-hybridized carbons (Fsp3) is 0.389. The summed E-state index contributed by atoms with van der Waals surface area (Å²) in [5.74, 6) is 0.135. The predicted octanol–water partition coefficient (Wildman–Crippen LogP) is 3.51. The van der Waals surface area contributed by atoms with Crippen molar-refractivity contribution in [3.63, 3.8) is 0 Å². The van der Waals surface area contributed by atoms with Gasteiger partial charge in [0.15, 0.2) is 5.13 Å². The molecule has 5 nitrogen and oxygen atoms in total. The summed E-state index contributed by atoms with van der Waals surface area (Å²) in [7, 11) is 0. The molecule has 0 unspecified atom stereocenters. The van der Waals surface area contributed by atoms with Crippen LogP contribution >= 0.6 is 22.9 Å². The summed E-state index contributed by atoms with van der Waals surface area (Å²) < 4.78 is 0. The lowest BCUT2D eigenvalue weighted by Gasteiger charge is -2.20. The van der Waals surface area contributed by atoms with Gasteiger partial charge in [0.1, 0.15) is 0 Å². The van der Waals surface area contributed by atoms with Crippen LogP contribution in [0.25, 0.3) is 0 Å². The van der Waals surface area contributed by atoms with Crippen molar-refractivity contribution in [1.29, 1.82) is 0 Å². The first-order chi connectivity index (χ1) is 12.1. The highest BCUT2D eigenvalue weighted by Crippen LogP contribution is 2.25. The fourth-order valence-electron chi connectivity index (χ4n) is 2.85. The molecule has 0 bridgehead atoms. The second-order valence-electron chi connectivity index (χ2n) is 5.98. The van der Waals surface area contributed by atoms with Crippen molar-refractivity contribution in [1.82, 2.24) is 9.88 Å². The van der Waals surface area contributed by atoms with E-state index in [9.17, 15) is 9.59 Å². The van der Waals surface area contributed by atoms with Gasteiger partial charge in [0, 0.05) is 36.5 Å². The maximum Gasteiger partial charge on any atom is 0.228 e. The van der Waals surface area contributed by atoms with Crippen LogP contribution in [0.15, 0.2) is 29.6 Å². The Kier molecular flexibility index (Phi) is 5.71. The normalized spacial score (nSPS) is 14.2. The number of rotatable bonds is 6. The van der Waals surface area contributed by atoms with Crippen molar-refractivity contribution < 1.29 is 9.59 Å². The van der Waals surface area contributed by atoms with E-state index in [-0.39, 0.29) is 18.2 Å². The number of anilines is 1. The molecule has 7 heteroatoms. The number of hydrogen-bond acceptors (Lipinski definition) is 4. The van der Waals surface area contributed by atoms with Gasteiger partial charge in [-0.05, 0) is 31.0 Å². The van der Waals surface area contributed by atoms with Gasteiger partial charge in [-0.25, -0.2) is 4.98 Å². The molecule has 0 atom stereocenters. The van der Waals surface area contributed by atoms with Gasteiger partial charge < -0.3 is 4.90 Å². The molecule has 3 rings (SSSR count). The third-order valence-electron chi connectivity index (χ3n) is 4.17. The van der Waals surface area contributed by atoms with Crippen molar-refractivity contribution in [3.8, 4) is 0 Å². The number of amides is 2. The lowest BCUT2D eigenvalue weighted by molar-refractivity contribution is -0.130. The van der Waals surface area contributed by atoms with E-state index >= 15 is 0 Å². The van der Waals surface area contributed by atoms with Gasteiger partial charge in [-0.15, -0.1) is 11.3 Å². The van der Waals surface area contributed by atoms with Crippen LogP contribution in [-0.4, -0.2) is 34.8 Å². The highest BCUT2D eigenvalue weighted by Gasteiger charge is 2.24. The first-order valence-corrected chi connectivity index (χ1v) is 9.59. The van der Waals surface area contributed by atoms with Gasteiger partial charge in [0.05, 0.1) is 12.1 Å². The summed E-state index contributed by atoms with van der Waals surface area (Å²) in [5, 5.41) is 3.23. The van der Waals surface area contributed by atoms with Crippen LogP contribution in [-0.2, 0) is 22.6 Å². The van der Waals surface area contributed by atoms with E-state index in [1.54, 1.807) is 9.80 Å². The average Bonchev–Trinajstić information content (AvgIpc) is 3.21. The average molecular weight is 378 g/mol. The van der Waals surface area contributed by atoms with Gasteiger partial charge in [-0.3, -0.25) is 14.5 Å². The zero-order chi connectivity index (χ0) is 17.8. The van der Waals surface area contributed by atoms with Gasteiger partial charge >= 0.3 is 0 Å². The fourth-order valence-corrected chi connectivity index (χ4v) is 3.93. The van der Waals surface area contributed by atoms with Crippen LogP contribution in [0.3, 0.4) is 0 Å². The number of likely N-dealkylation sites (N-methyl/N-ethyl adjacent to an activating group) is 1. The predicted molar refractivity (Wildman–Crippen MR) is 99.9 cm³/mol. The van der Waals surface area contributed by atoms with Gasteiger partial charge in [-0.1, -0.05) is 23.7 Å². The molecule has 2 amide bonds. The summed E-state index contributed by atoms with van der Waals surface area (Å²) in [4.78, 5) is 32.4. The van der Waals surface area contributed by atoms with Crippen molar-refractivity contribution in [2.24, 2.45) is 0 Å². The number of hydrogen-bond donors (Lipinski definition) is 0. The molecule has 25 heavy (non-hydrogen) atoms.